The SMILES string of the molecule is COc1cncc(COC(=O)c2coc3c(F)c(Cl)ccc23)c1. The van der Waals surface area contributed by atoms with Gasteiger partial charge >= 0.3 is 5.97 Å². The maximum absolute atomic E-state index is 13.8. The third kappa shape index (κ3) is 2.98. The molecule has 0 amide bonds. The van der Waals surface area contributed by atoms with Gasteiger partial charge in [0.25, 0.3) is 0 Å². The van der Waals surface area contributed by atoms with Crippen molar-refractivity contribution in [2.24, 2.45) is 0 Å². The molecule has 3 rings (SSSR count). The number of nitrogens with zero attached hydrogens (tertiary/aromatic N) is 1. The van der Waals surface area contributed by atoms with Crippen LogP contribution in [-0.4, -0.2) is 18.1 Å². The van der Waals surface area contributed by atoms with Crippen molar-refractivity contribution in [1.29, 1.82) is 0 Å². The number of benzene rings is 1. The van der Waals surface area contributed by atoms with Gasteiger partial charge in [0.15, 0.2) is 11.4 Å². The number of halogens is 2. The zero-order valence-corrected chi connectivity index (χ0v) is 12.8. The lowest BCUT2D eigenvalue weighted by molar-refractivity contribution is 0.0473. The zero-order chi connectivity index (χ0) is 16.4. The van der Waals surface area contributed by atoms with Gasteiger partial charge in [-0.2, -0.15) is 0 Å². The Kier molecular flexibility index (Phi) is 4.16. The lowest BCUT2D eigenvalue weighted by Gasteiger charge is -2.05. The molecule has 0 spiro atoms. The van der Waals surface area contributed by atoms with Gasteiger partial charge in [-0.3, -0.25) is 4.98 Å². The van der Waals surface area contributed by atoms with Gasteiger partial charge in [-0.15, -0.1) is 0 Å². The van der Waals surface area contributed by atoms with E-state index in [4.69, 9.17) is 25.5 Å². The minimum atomic E-state index is -0.708. The molecule has 2 heterocycles. The number of methoxy groups -OCH3 is 1. The standard InChI is InChI=1S/C16H11ClFNO4/c1-21-10-4-9(5-19-6-10)7-23-16(20)12-8-22-15-11(12)2-3-13(17)14(15)18/h2-6,8H,7H2,1H3. The first-order valence-corrected chi connectivity index (χ1v) is 6.98. The van der Waals surface area contributed by atoms with E-state index in [9.17, 15) is 9.18 Å². The molecule has 0 aliphatic heterocycles. The first-order chi connectivity index (χ1) is 11.1. The van der Waals surface area contributed by atoms with Crippen LogP contribution in [0.2, 0.25) is 5.02 Å². The summed E-state index contributed by atoms with van der Waals surface area (Å²) in [6.45, 7) is 0.00573. The van der Waals surface area contributed by atoms with Crippen LogP contribution in [0.15, 0.2) is 41.3 Å². The Hall–Kier alpha value is -2.60. The van der Waals surface area contributed by atoms with Crippen molar-refractivity contribution in [3.8, 4) is 5.75 Å². The molecule has 0 fully saturated rings. The predicted molar refractivity (Wildman–Crippen MR) is 81.1 cm³/mol. The van der Waals surface area contributed by atoms with E-state index >= 15 is 0 Å². The number of rotatable bonds is 4. The Morgan fingerprint density at radius 1 is 1.39 bits per heavy atom. The molecule has 0 saturated carbocycles. The topological polar surface area (TPSA) is 61.6 Å². The number of hydrogen-bond acceptors (Lipinski definition) is 5. The second-order valence-electron chi connectivity index (χ2n) is 4.70. The van der Waals surface area contributed by atoms with Crippen molar-refractivity contribution in [1.82, 2.24) is 4.98 Å². The highest BCUT2D eigenvalue weighted by Crippen LogP contribution is 2.29. The van der Waals surface area contributed by atoms with Crippen LogP contribution in [0.5, 0.6) is 5.75 Å². The van der Waals surface area contributed by atoms with E-state index in [1.54, 1.807) is 18.5 Å². The number of esters is 1. The summed E-state index contributed by atoms with van der Waals surface area (Å²) >= 11 is 5.68. The van der Waals surface area contributed by atoms with Gasteiger partial charge in [-0.1, -0.05) is 11.6 Å². The van der Waals surface area contributed by atoms with E-state index in [0.29, 0.717) is 16.7 Å². The number of hydrogen-bond donors (Lipinski definition) is 0. The van der Waals surface area contributed by atoms with E-state index in [2.05, 4.69) is 4.98 Å². The number of pyridine rings is 1. The Labute approximate surface area is 135 Å². The molecule has 5 nitrogen and oxygen atoms in total. The highest BCUT2D eigenvalue weighted by Gasteiger charge is 2.19. The van der Waals surface area contributed by atoms with Crippen molar-refractivity contribution in [3.05, 3.63) is 58.8 Å². The summed E-state index contributed by atoms with van der Waals surface area (Å²) in [4.78, 5) is 16.1. The van der Waals surface area contributed by atoms with Crippen LogP contribution in [0.3, 0.4) is 0 Å². The lowest BCUT2D eigenvalue weighted by Crippen LogP contribution is -2.05. The minimum Gasteiger partial charge on any atom is -0.495 e. The molecular weight excluding hydrogens is 325 g/mol. The van der Waals surface area contributed by atoms with Crippen molar-refractivity contribution in [2.75, 3.05) is 7.11 Å². The Morgan fingerprint density at radius 2 is 2.22 bits per heavy atom. The Balaban J connectivity index is 1.80. The van der Waals surface area contributed by atoms with Crippen LogP contribution in [-0.2, 0) is 11.3 Å². The maximum atomic E-state index is 13.8. The molecule has 7 heteroatoms. The molecule has 0 unspecified atom stereocenters. The molecule has 2 aromatic heterocycles. The highest BCUT2D eigenvalue weighted by atomic mass is 35.5. The van der Waals surface area contributed by atoms with Gasteiger partial charge in [0, 0.05) is 17.1 Å². The molecule has 0 atom stereocenters. The molecule has 23 heavy (non-hydrogen) atoms. The fourth-order valence-electron chi connectivity index (χ4n) is 2.08. The van der Waals surface area contributed by atoms with Crippen molar-refractivity contribution in [3.63, 3.8) is 0 Å². The molecule has 0 N–H and O–H groups in total. The van der Waals surface area contributed by atoms with E-state index < -0.39 is 11.8 Å². The smallest absolute Gasteiger partial charge is 0.342 e. The molecule has 1 aromatic carbocycles. The van der Waals surface area contributed by atoms with Crippen LogP contribution < -0.4 is 4.74 Å². The molecular formula is C16H11ClFNO4. The summed E-state index contributed by atoms with van der Waals surface area (Å²) in [5.74, 6) is -0.780. The summed E-state index contributed by atoms with van der Waals surface area (Å²) in [5, 5.41) is 0.231. The largest absolute Gasteiger partial charge is 0.495 e. The molecule has 118 valence electrons. The van der Waals surface area contributed by atoms with Crippen LogP contribution in [0.25, 0.3) is 11.0 Å². The highest BCUT2D eigenvalue weighted by molar-refractivity contribution is 6.31. The van der Waals surface area contributed by atoms with Crippen molar-refractivity contribution < 1.29 is 23.1 Å². The molecule has 3 aromatic rings. The van der Waals surface area contributed by atoms with Crippen molar-refractivity contribution in [2.45, 2.75) is 6.61 Å². The first-order valence-electron chi connectivity index (χ1n) is 6.60. The monoisotopic (exact) mass is 335 g/mol. The minimum absolute atomic E-state index is 0.00573. The van der Waals surface area contributed by atoms with Gasteiger partial charge in [0.1, 0.15) is 24.2 Å². The Bertz CT molecular complexity index is 878. The van der Waals surface area contributed by atoms with Crippen LogP contribution in [0.4, 0.5) is 4.39 Å². The van der Waals surface area contributed by atoms with Gasteiger partial charge in [-0.25, -0.2) is 9.18 Å². The fraction of sp³-hybridized carbons (Fsp3) is 0.125. The summed E-state index contributed by atoms with van der Waals surface area (Å²) in [7, 11) is 1.52. The molecule has 0 radical (unpaired) electrons. The summed E-state index contributed by atoms with van der Waals surface area (Å²) in [6, 6.07) is 4.57. The van der Waals surface area contributed by atoms with Gasteiger partial charge < -0.3 is 13.9 Å². The second kappa shape index (κ2) is 6.26. The van der Waals surface area contributed by atoms with E-state index in [1.165, 1.54) is 19.2 Å². The third-order valence-corrected chi connectivity index (χ3v) is 3.52. The number of fused-ring (bicyclic) bond motifs is 1. The number of ether oxygens (including phenoxy) is 2. The van der Waals surface area contributed by atoms with Crippen LogP contribution in [0, 0.1) is 5.82 Å². The normalized spacial score (nSPS) is 10.7. The average molecular weight is 336 g/mol. The summed E-state index contributed by atoms with van der Waals surface area (Å²) in [6.07, 6.45) is 4.25. The zero-order valence-electron chi connectivity index (χ0n) is 12.0. The first kappa shape index (κ1) is 15.3. The summed E-state index contributed by atoms with van der Waals surface area (Å²) < 4.78 is 29.1. The van der Waals surface area contributed by atoms with E-state index in [0.717, 1.165) is 6.26 Å². The van der Waals surface area contributed by atoms with Crippen LogP contribution >= 0.6 is 11.6 Å². The average Bonchev–Trinajstić information content (AvgIpc) is 3.01. The van der Waals surface area contributed by atoms with E-state index in [-0.39, 0.29) is 22.8 Å². The number of furan rings is 1. The second-order valence-corrected chi connectivity index (χ2v) is 5.10. The lowest BCUT2D eigenvalue weighted by atomic mass is 10.2. The molecule has 0 aliphatic carbocycles. The fourth-order valence-corrected chi connectivity index (χ4v) is 2.23. The quantitative estimate of drug-likeness (QED) is 0.675. The predicted octanol–water partition coefficient (Wildman–Crippen LogP) is 3.99. The summed E-state index contributed by atoms with van der Waals surface area (Å²) in [5.41, 5.74) is 0.721. The van der Waals surface area contributed by atoms with Crippen LogP contribution in [0.1, 0.15) is 15.9 Å². The molecule has 0 saturated heterocycles. The van der Waals surface area contributed by atoms with Gasteiger partial charge in [-0.05, 0) is 18.2 Å². The number of aromatic nitrogens is 1. The third-order valence-electron chi connectivity index (χ3n) is 3.23. The Morgan fingerprint density at radius 3 is 3.00 bits per heavy atom. The van der Waals surface area contributed by atoms with E-state index in [1.807, 2.05) is 0 Å². The van der Waals surface area contributed by atoms with Crippen molar-refractivity contribution >= 4 is 28.5 Å². The number of carbonyl (C=O) groups is 1. The molecule has 0 aliphatic rings. The van der Waals surface area contributed by atoms with Gasteiger partial charge in [0.2, 0.25) is 0 Å². The number of carbonyl (C=O) groups excluding carboxylic acids is 1. The molecule has 0 bridgehead atoms. The maximum Gasteiger partial charge on any atom is 0.342 e. The van der Waals surface area contributed by atoms with Gasteiger partial charge in [0.05, 0.1) is 18.3 Å².